The van der Waals surface area contributed by atoms with Crippen LogP contribution in [0.1, 0.15) is 26.7 Å². The van der Waals surface area contributed by atoms with Gasteiger partial charge in [0.15, 0.2) is 4.90 Å². The van der Waals surface area contributed by atoms with Crippen molar-refractivity contribution in [2.45, 2.75) is 37.6 Å². The number of hydrogen-bond acceptors (Lipinski definition) is 5. The van der Waals surface area contributed by atoms with Gasteiger partial charge in [0.1, 0.15) is 5.69 Å². The lowest BCUT2D eigenvalue weighted by Gasteiger charge is -2.13. The largest absolute Gasteiger partial charge is 0.393 e. The van der Waals surface area contributed by atoms with Gasteiger partial charge in [-0.25, -0.2) is 13.1 Å². The molecule has 0 aliphatic carbocycles. The number of rotatable bonds is 6. The molecule has 0 radical (unpaired) electrons. The number of hydrogen-bond donors (Lipinski definition) is 2. The molecule has 0 spiro atoms. The van der Waals surface area contributed by atoms with E-state index in [1.807, 2.05) is 6.92 Å². The Hall–Kier alpha value is -1.67. The van der Waals surface area contributed by atoms with E-state index >= 15 is 0 Å². The Morgan fingerprint density at radius 2 is 2.11 bits per heavy atom. The highest BCUT2D eigenvalue weighted by Crippen LogP contribution is 2.29. The van der Waals surface area contributed by atoms with E-state index in [1.54, 1.807) is 6.92 Å². The minimum Gasteiger partial charge on any atom is -0.393 e. The molecule has 3 N–H and O–H groups in total. The second-order valence-electron chi connectivity index (χ2n) is 4.26. The Bertz CT molecular complexity index is 571. The van der Waals surface area contributed by atoms with Gasteiger partial charge in [0.2, 0.25) is 10.0 Å². The standard InChI is InChI=1S/C11H17N3O4S/c1-3-5-8(2)13-19(17,18)10-7-4-6-9(12)11(10)14(15)16/h4,6-8,13H,3,5,12H2,1-2H3. The van der Waals surface area contributed by atoms with Crippen LogP contribution in [0.3, 0.4) is 0 Å². The molecule has 7 nitrogen and oxygen atoms in total. The van der Waals surface area contributed by atoms with Crippen LogP contribution in [0.5, 0.6) is 0 Å². The molecule has 0 aliphatic heterocycles. The molecule has 0 fully saturated rings. The fourth-order valence-electron chi connectivity index (χ4n) is 1.77. The lowest BCUT2D eigenvalue weighted by atomic mass is 10.2. The van der Waals surface area contributed by atoms with Crippen LogP contribution >= 0.6 is 0 Å². The maximum Gasteiger partial charge on any atom is 0.312 e. The van der Waals surface area contributed by atoms with Crippen LogP contribution in [0.15, 0.2) is 23.1 Å². The maximum absolute atomic E-state index is 12.1. The minimum atomic E-state index is -3.95. The van der Waals surface area contributed by atoms with Gasteiger partial charge in [-0.3, -0.25) is 10.1 Å². The van der Waals surface area contributed by atoms with Crippen molar-refractivity contribution in [2.75, 3.05) is 5.73 Å². The number of anilines is 1. The quantitative estimate of drug-likeness (QED) is 0.469. The summed E-state index contributed by atoms with van der Waals surface area (Å²) in [6.07, 6.45) is 1.46. The third-order valence-electron chi connectivity index (χ3n) is 2.58. The van der Waals surface area contributed by atoms with Gasteiger partial charge < -0.3 is 5.73 Å². The Kier molecular flexibility index (Phi) is 4.84. The number of nitrogen functional groups attached to an aromatic ring is 1. The first-order valence-corrected chi connectivity index (χ1v) is 7.33. The monoisotopic (exact) mass is 287 g/mol. The van der Waals surface area contributed by atoms with E-state index in [-0.39, 0.29) is 11.7 Å². The molecule has 1 rings (SSSR count). The first-order chi connectivity index (χ1) is 8.79. The van der Waals surface area contributed by atoms with Crippen molar-refractivity contribution in [3.05, 3.63) is 28.3 Å². The van der Waals surface area contributed by atoms with Crippen LogP contribution in [0, 0.1) is 10.1 Å². The van der Waals surface area contributed by atoms with E-state index in [0.29, 0.717) is 6.42 Å². The van der Waals surface area contributed by atoms with E-state index in [1.165, 1.54) is 18.2 Å². The van der Waals surface area contributed by atoms with E-state index in [2.05, 4.69) is 4.72 Å². The molecule has 0 aliphatic rings. The molecule has 0 amide bonds. The normalized spacial score (nSPS) is 13.2. The van der Waals surface area contributed by atoms with Crippen LogP contribution in [-0.2, 0) is 10.0 Å². The number of nitrogens with two attached hydrogens (primary N) is 1. The first kappa shape index (κ1) is 15.4. The third kappa shape index (κ3) is 3.65. The van der Waals surface area contributed by atoms with Crippen LogP contribution in [0.4, 0.5) is 11.4 Å². The number of nitrogens with zero attached hydrogens (tertiary/aromatic N) is 1. The zero-order chi connectivity index (χ0) is 14.6. The van der Waals surface area contributed by atoms with Gasteiger partial charge in [-0.05, 0) is 25.5 Å². The van der Waals surface area contributed by atoms with Crippen molar-refractivity contribution in [1.82, 2.24) is 4.72 Å². The van der Waals surface area contributed by atoms with Crippen molar-refractivity contribution in [1.29, 1.82) is 0 Å². The predicted molar refractivity (Wildman–Crippen MR) is 72.2 cm³/mol. The molecular weight excluding hydrogens is 270 g/mol. The molecule has 1 atom stereocenters. The number of para-hydroxylation sites is 1. The van der Waals surface area contributed by atoms with Gasteiger partial charge in [-0.1, -0.05) is 19.4 Å². The smallest absolute Gasteiger partial charge is 0.312 e. The lowest BCUT2D eigenvalue weighted by molar-refractivity contribution is -0.386. The molecule has 19 heavy (non-hydrogen) atoms. The summed E-state index contributed by atoms with van der Waals surface area (Å²) in [5.74, 6) is 0. The Morgan fingerprint density at radius 3 is 2.63 bits per heavy atom. The van der Waals surface area contributed by atoms with Crippen molar-refractivity contribution < 1.29 is 13.3 Å². The molecule has 0 saturated heterocycles. The van der Waals surface area contributed by atoms with Gasteiger partial charge in [-0.15, -0.1) is 0 Å². The predicted octanol–water partition coefficient (Wildman–Crippen LogP) is 1.64. The Balaban J connectivity index is 3.22. The zero-order valence-corrected chi connectivity index (χ0v) is 11.6. The van der Waals surface area contributed by atoms with Gasteiger partial charge in [0, 0.05) is 6.04 Å². The SMILES string of the molecule is CCCC(C)NS(=O)(=O)c1cccc(N)c1[N+](=O)[O-]. The molecule has 106 valence electrons. The number of nitrogens with one attached hydrogen (secondary N) is 1. The van der Waals surface area contributed by atoms with Crippen molar-refractivity contribution in [2.24, 2.45) is 0 Å². The van der Waals surface area contributed by atoms with E-state index < -0.39 is 25.5 Å². The molecule has 0 aromatic heterocycles. The summed E-state index contributed by atoms with van der Waals surface area (Å²) in [5.41, 5.74) is 4.72. The minimum absolute atomic E-state index is 0.170. The van der Waals surface area contributed by atoms with Gasteiger partial charge in [0.25, 0.3) is 0 Å². The van der Waals surface area contributed by atoms with Crippen LogP contribution in [0.25, 0.3) is 0 Å². The second kappa shape index (κ2) is 5.98. The zero-order valence-electron chi connectivity index (χ0n) is 10.8. The first-order valence-electron chi connectivity index (χ1n) is 5.84. The van der Waals surface area contributed by atoms with Crippen molar-refractivity contribution >= 4 is 21.4 Å². The van der Waals surface area contributed by atoms with Crippen molar-refractivity contribution in [3.63, 3.8) is 0 Å². The number of nitro groups is 1. The number of sulfonamides is 1. The third-order valence-corrected chi connectivity index (χ3v) is 4.20. The molecule has 1 aromatic rings. The van der Waals surface area contributed by atoms with E-state index in [9.17, 15) is 18.5 Å². The average Bonchev–Trinajstić information content (AvgIpc) is 2.27. The fraction of sp³-hybridized carbons (Fsp3) is 0.455. The molecular formula is C11H17N3O4S. The van der Waals surface area contributed by atoms with Gasteiger partial charge >= 0.3 is 5.69 Å². The second-order valence-corrected chi connectivity index (χ2v) is 5.94. The van der Waals surface area contributed by atoms with Gasteiger partial charge in [0.05, 0.1) is 4.92 Å². The van der Waals surface area contributed by atoms with Crippen molar-refractivity contribution in [3.8, 4) is 0 Å². The van der Waals surface area contributed by atoms with E-state index in [4.69, 9.17) is 5.73 Å². The molecule has 1 aromatic carbocycles. The summed E-state index contributed by atoms with van der Waals surface area (Å²) in [7, 11) is -3.95. The highest BCUT2D eigenvalue weighted by Gasteiger charge is 2.28. The lowest BCUT2D eigenvalue weighted by Crippen LogP contribution is -2.32. The molecule has 0 heterocycles. The maximum atomic E-state index is 12.1. The highest BCUT2D eigenvalue weighted by molar-refractivity contribution is 7.89. The summed E-state index contributed by atoms with van der Waals surface area (Å²) < 4.78 is 26.7. The summed E-state index contributed by atoms with van der Waals surface area (Å²) in [6.45, 7) is 3.63. The molecule has 0 saturated carbocycles. The van der Waals surface area contributed by atoms with Crippen LogP contribution in [-0.4, -0.2) is 19.4 Å². The summed E-state index contributed by atoms with van der Waals surface area (Å²) in [4.78, 5) is 9.75. The summed E-state index contributed by atoms with van der Waals surface area (Å²) in [5, 5.41) is 10.9. The molecule has 8 heteroatoms. The highest BCUT2D eigenvalue weighted by atomic mass is 32.2. The molecule has 1 unspecified atom stereocenters. The van der Waals surface area contributed by atoms with Crippen LogP contribution in [0.2, 0.25) is 0 Å². The van der Waals surface area contributed by atoms with Crippen LogP contribution < -0.4 is 10.5 Å². The number of nitro benzene ring substituents is 1. The summed E-state index contributed by atoms with van der Waals surface area (Å²) >= 11 is 0. The topological polar surface area (TPSA) is 115 Å². The Morgan fingerprint density at radius 1 is 1.47 bits per heavy atom. The summed E-state index contributed by atoms with van der Waals surface area (Å²) in [6, 6.07) is 3.56. The van der Waals surface area contributed by atoms with E-state index in [0.717, 1.165) is 6.42 Å². The Labute approximate surface area is 112 Å². The van der Waals surface area contributed by atoms with Gasteiger partial charge in [-0.2, -0.15) is 0 Å². The molecule has 0 bridgehead atoms. The number of benzene rings is 1. The fourth-order valence-corrected chi connectivity index (χ4v) is 3.25. The average molecular weight is 287 g/mol.